The number of halogens is 2. The minimum atomic E-state index is -3.49. The maximum atomic E-state index is 12.8. The van der Waals surface area contributed by atoms with Gasteiger partial charge in [-0.1, -0.05) is 23.7 Å². The van der Waals surface area contributed by atoms with Crippen molar-refractivity contribution in [2.75, 3.05) is 13.1 Å². The van der Waals surface area contributed by atoms with Gasteiger partial charge in [0.25, 0.3) is 0 Å². The fourth-order valence-electron chi connectivity index (χ4n) is 3.10. The van der Waals surface area contributed by atoms with E-state index in [0.717, 1.165) is 32.4 Å². The normalized spacial score (nSPS) is 26.9. The predicted octanol–water partition coefficient (Wildman–Crippen LogP) is 2.28. The average molecular weight is 337 g/mol. The summed E-state index contributed by atoms with van der Waals surface area (Å²) < 4.78 is 27.4. The van der Waals surface area contributed by atoms with Crippen LogP contribution in [0.25, 0.3) is 0 Å². The summed E-state index contributed by atoms with van der Waals surface area (Å²) in [7, 11) is -3.49. The summed E-state index contributed by atoms with van der Waals surface area (Å²) in [5.74, 6) is 0. The lowest BCUT2D eigenvalue weighted by Gasteiger charge is -2.27. The van der Waals surface area contributed by atoms with Crippen LogP contribution in [-0.2, 0) is 10.0 Å². The lowest BCUT2D eigenvalue weighted by atomic mass is 10.1. The second-order valence-corrected chi connectivity index (χ2v) is 7.36. The molecule has 0 amide bonds. The summed E-state index contributed by atoms with van der Waals surface area (Å²) in [6.45, 7) is 1.62. The first-order valence-corrected chi connectivity index (χ1v) is 8.41. The fraction of sp³-hybridized carbons (Fsp3) is 0.538. The molecule has 1 aromatic carbocycles. The van der Waals surface area contributed by atoms with E-state index in [2.05, 4.69) is 5.32 Å². The van der Waals surface area contributed by atoms with Crippen LogP contribution >= 0.6 is 24.0 Å². The van der Waals surface area contributed by atoms with Crippen LogP contribution in [0.2, 0.25) is 5.02 Å². The Morgan fingerprint density at radius 3 is 2.60 bits per heavy atom. The van der Waals surface area contributed by atoms with Crippen LogP contribution in [0.1, 0.15) is 19.3 Å². The Labute approximate surface area is 131 Å². The van der Waals surface area contributed by atoms with Crippen LogP contribution in [0, 0.1) is 0 Å². The zero-order chi connectivity index (χ0) is 13.5. The standard InChI is InChI=1S/C13H17ClN2O2S.ClH/c14-12-3-1-2-4-13(12)19(17,18)16-10-5-6-11(16)9-15-8-7-10;/h1-4,10-11,15H,5-9H2;1H. The second kappa shape index (κ2) is 6.20. The molecule has 1 N–H and O–H groups in total. The SMILES string of the molecule is Cl.O=S(=O)(c1ccccc1Cl)N1C2CCNCC1CC2. The monoisotopic (exact) mass is 336 g/mol. The highest BCUT2D eigenvalue weighted by Crippen LogP contribution is 2.35. The number of hydrogen-bond donors (Lipinski definition) is 1. The van der Waals surface area contributed by atoms with Gasteiger partial charge >= 0.3 is 0 Å². The molecule has 0 aromatic heterocycles. The zero-order valence-electron chi connectivity index (χ0n) is 11.0. The van der Waals surface area contributed by atoms with Crippen molar-refractivity contribution in [2.45, 2.75) is 36.2 Å². The molecule has 2 aliphatic heterocycles. The molecule has 0 aliphatic carbocycles. The van der Waals surface area contributed by atoms with E-state index in [9.17, 15) is 8.42 Å². The average Bonchev–Trinajstić information content (AvgIpc) is 2.64. The van der Waals surface area contributed by atoms with Crippen LogP contribution in [-0.4, -0.2) is 37.9 Å². The van der Waals surface area contributed by atoms with Crippen molar-refractivity contribution < 1.29 is 8.42 Å². The van der Waals surface area contributed by atoms with Crippen molar-refractivity contribution in [3.8, 4) is 0 Å². The molecule has 2 aliphatic rings. The van der Waals surface area contributed by atoms with Gasteiger partial charge in [-0.25, -0.2) is 8.42 Å². The first kappa shape index (κ1) is 16.0. The Balaban J connectivity index is 0.00000147. The van der Waals surface area contributed by atoms with E-state index in [4.69, 9.17) is 11.6 Å². The third kappa shape index (κ3) is 2.70. The Morgan fingerprint density at radius 2 is 1.85 bits per heavy atom. The van der Waals surface area contributed by atoms with Crippen molar-refractivity contribution in [1.29, 1.82) is 0 Å². The molecule has 2 bridgehead atoms. The number of hydrogen-bond acceptors (Lipinski definition) is 3. The first-order valence-electron chi connectivity index (χ1n) is 6.59. The van der Waals surface area contributed by atoms with Crippen LogP contribution in [0.4, 0.5) is 0 Å². The molecular weight excluding hydrogens is 319 g/mol. The Bertz CT molecular complexity index is 565. The molecule has 2 unspecified atom stereocenters. The topological polar surface area (TPSA) is 49.4 Å². The van der Waals surface area contributed by atoms with E-state index < -0.39 is 10.0 Å². The van der Waals surface area contributed by atoms with Gasteiger partial charge in [-0.15, -0.1) is 12.4 Å². The zero-order valence-corrected chi connectivity index (χ0v) is 13.3. The molecule has 0 saturated carbocycles. The molecule has 2 atom stereocenters. The molecule has 0 spiro atoms. The van der Waals surface area contributed by atoms with E-state index in [1.54, 1.807) is 28.6 Å². The molecule has 1 aromatic rings. The third-order valence-corrected chi connectivity index (χ3v) is 6.48. The van der Waals surface area contributed by atoms with Crippen LogP contribution < -0.4 is 5.32 Å². The Kier molecular flexibility index (Phi) is 4.97. The van der Waals surface area contributed by atoms with Crippen molar-refractivity contribution >= 4 is 34.0 Å². The highest BCUT2D eigenvalue weighted by molar-refractivity contribution is 7.89. The minimum Gasteiger partial charge on any atom is -0.315 e. The fourth-order valence-corrected chi connectivity index (χ4v) is 5.49. The summed E-state index contributed by atoms with van der Waals surface area (Å²) >= 11 is 6.06. The molecule has 2 heterocycles. The summed E-state index contributed by atoms with van der Waals surface area (Å²) in [4.78, 5) is 0.232. The number of benzene rings is 1. The second-order valence-electron chi connectivity index (χ2n) is 5.14. The van der Waals surface area contributed by atoms with Crippen molar-refractivity contribution in [2.24, 2.45) is 0 Å². The largest absolute Gasteiger partial charge is 0.315 e. The number of rotatable bonds is 2. The lowest BCUT2D eigenvalue weighted by Crippen LogP contribution is -2.42. The van der Waals surface area contributed by atoms with E-state index in [1.165, 1.54) is 0 Å². The Hall–Kier alpha value is -0.330. The summed E-state index contributed by atoms with van der Waals surface area (Å²) in [6, 6.07) is 6.87. The number of fused-ring (bicyclic) bond motifs is 2. The van der Waals surface area contributed by atoms with E-state index in [0.29, 0.717) is 5.02 Å². The highest BCUT2D eigenvalue weighted by atomic mass is 35.5. The molecule has 3 rings (SSSR count). The molecule has 20 heavy (non-hydrogen) atoms. The number of sulfonamides is 1. The number of nitrogens with zero attached hydrogens (tertiary/aromatic N) is 1. The van der Waals surface area contributed by atoms with Crippen LogP contribution in [0.3, 0.4) is 0 Å². The first-order chi connectivity index (χ1) is 9.10. The van der Waals surface area contributed by atoms with Gasteiger partial charge < -0.3 is 5.32 Å². The van der Waals surface area contributed by atoms with Crippen molar-refractivity contribution in [3.05, 3.63) is 29.3 Å². The molecule has 112 valence electrons. The van der Waals surface area contributed by atoms with E-state index >= 15 is 0 Å². The summed E-state index contributed by atoms with van der Waals surface area (Å²) in [5, 5.41) is 3.61. The molecule has 2 fully saturated rings. The number of nitrogens with one attached hydrogen (secondary N) is 1. The van der Waals surface area contributed by atoms with Crippen LogP contribution in [0.15, 0.2) is 29.2 Å². The summed E-state index contributed by atoms with van der Waals surface area (Å²) in [6.07, 6.45) is 2.76. The lowest BCUT2D eigenvalue weighted by molar-refractivity contribution is 0.334. The molecule has 4 nitrogen and oxygen atoms in total. The molecule has 7 heteroatoms. The molecular formula is C13H18Cl2N2O2S. The van der Waals surface area contributed by atoms with Gasteiger partial charge in [0, 0.05) is 18.6 Å². The van der Waals surface area contributed by atoms with Gasteiger partial charge in [0.1, 0.15) is 4.90 Å². The quantitative estimate of drug-likeness (QED) is 0.901. The van der Waals surface area contributed by atoms with Crippen LogP contribution in [0.5, 0.6) is 0 Å². The molecule has 2 saturated heterocycles. The van der Waals surface area contributed by atoms with Gasteiger partial charge in [0.2, 0.25) is 10.0 Å². The van der Waals surface area contributed by atoms with Gasteiger partial charge in [0.05, 0.1) is 5.02 Å². The maximum absolute atomic E-state index is 12.8. The highest BCUT2D eigenvalue weighted by Gasteiger charge is 2.43. The van der Waals surface area contributed by atoms with Crippen molar-refractivity contribution in [1.82, 2.24) is 9.62 Å². The Morgan fingerprint density at radius 1 is 1.15 bits per heavy atom. The maximum Gasteiger partial charge on any atom is 0.245 e. The van der Waals surface area contributed by atoms with E-state index in [-0.39, 0.29) is 29.4 Å². The predicted molar refractivity (Wildman–Crippen MR) is 82.0 cm³/mol. The van der Waals surface area contributed by atoms with Gasteiger partial charge in [-0.2, -0.15) is 4.31 Å². The smallest absolute Gasteiger partial charge is 0.245 e. The van der Waals surface area contributed by atoms with E-state index in [1.807, 2.05) is 0 Å². The molecule has 0 radical (unpaired) electrons. The third-order valence-electron chi connectivity index (χ3n) is 3.98. The van der Waals surface area contributed by atoms with Gasteiger partial charge in [0.15, 0.2) is 0 Å². The summed E-state index contributed by atoms with van der Waals surface area (Å²) in [5.41, 5.74) is 0. The van der Waals surface area contributed by atoms with Gasteiger partial charge in [-0.05, 0) is 37.9 Å². The minimum absolute atomic E-state index is 0. The van der Waals surface area contributed by atoms with Crippen molar-refractivity contribution in [3.63, 3.8) is 0 Å². The van der Waals surface area contributed by atoms with Gasteiger partial charge in [-0.3, -0.25) is 0 Å².